The van der Waals surface area contributed by atoms with Gasteiger partial charge in [0.05, 0.1) is 11.6 Å². The number of nitrogens with one attached hydrogen (secondary N) is 4. The molecule has 2 aliphatic heterocycles. The summed E-state index contributed by atoms with van der Waals surface area (Å²) in [5, 5.41) is 11.9. The third kappa shape index (κ3) is 7.68. The van der Waals surface area contributed by atoms with Crippen LogP contribution >= 0.6 is 0 Å². The zero-order valence-electron chi connectivity index (χ0n) is 26.7. The van der Waals surface area contributed by atoms with E-state index in [-0.39, 0.29) is 61.1 Å². The summed E-state index contributed by atoms with van der Waals surface area (Å²) in [6, 6.07) is 11.7. The minimum Gasteiger partial charge on any atom is -0.491 e. The van der Waals surface area contributed by atoms with Crippen molar-refractivity contribution in [2.75, 3.05) is 26.4 Å². The second-order valence-electron chi connectivity index (χ2n) is 13.2. The van der Waals surface area contributed by atoms with Crippen molar-refractivity contribution in [2.24, 2.45) is 5.92 Å². The van der Waals surface area contributed by atoms with Gasteiger partial charge in [-0.3, -0.25) is 19.2 Å². The van der Waals surface area contributed by atoms with Gasteiger partial charge >= 0.3 is 0 Å². The molecule has 2 aromatic rings. The zero-order chi connectivity index (χ0) is 32.7. The number of fused-ring (bicyclic) bond motifs is 1. The molecule has 0 aromatic heterocycles. The van der Waals surface area contributed by atoms with E-state index in [9.17, 15) is 23.6 Å². The zero-order valence-corrected chi connectivity index (χ0v) is 26.7. The predicted molar refractivity (Wildman–Crippen MR) is 170 cm³/mol. The van der Waals surface area contributed by atoms with Crippen LogP contribution in [0.1, 0.15) is 81.1 Å². The largest absolute Gasteiger partial charge is 0.491 e. The number of hydrogen-bond donors (Lipinski definition) is 4. The van der Waals surface area contributed by atoms with Crippen LogP contribution in [0.25, 0.3) is 0 Å². The molecule has 10 nitrogen and oxygen atoms in total. The Kier molecular flexibility index (Phi) is 10.6. The van der Waals surface area contributed by atoms with Crippen LogP contribution in [0.2, 0.25) is 0 Å². The quantitative estimate of drug-likeness (QED) is 0.397. The molecule has 4 N–H and O–H groups in total. The van der Waals surface area contributed by atoms with Crippen LogP contribution in [0.15, 0.2) is 48.5 Å². The van der Waals surface area contributed by atoms with E-state index in [0.29, 0.717) is 44.6 Å². The first-order chi connectivity index (χ1) is 22.1. The monoisotopic (exact) mass is 636 g/mol. The molecule has 0 unspecified atom stereocenters. The van der Waals surface area contributed by atoms with Gasteiger partial charge in [0.1, 0.15) is 29.8 Å². The second kappa shape index (κ2) is 14.6. The average Bonchev–Trinajstić information content (AvgIpc) is 3.53. The van der Waals surface area contributed by atoms with E-state index in [1.807, 2.05) is 19.9 Å². The summed E-state index contributed by atoms with van der Waals surface area (Å²) in [7, 11) is 0. The highest BCUT2D eigenvalue weighted by molar-refractivity contribution is 6.00. The van der Waals surface area contributed by atoms with Crippen LogP contribution in [0.5, 0.6) is 5.75 Å². The Morgan fingerprint density at radius 2 is 1.74 bits per heavy atom. The number of rotatable bonds is 5. The van der Waals surface area contributed by atoms with Gasteiger partial charge < -0.3 is 30.7 Å². The maximum atomic E-state index is 14.2. The Labute approximate surface area is 269 Å². The molecule has 248 valence electrons. The van der Waals surface area contributed by atoms with Gasteiger partial charge in [0.2, 0.25) is 17.7 Å². The Bertz CT molecular complexity index is 1420. The van der Waals surface area contributed by atoms with Crippen LogP contribution in [0, 0.1) is 11.7 Å². The molecule has 0 radical (unpaired) electrons. The fourth-order valence-electron chi connectivity index (χ4n) is 6.69. The Morgan fingerprint density at radius 1 is 1.00 bits per heavy atom. The number of halogens is 1. The molecule has 5 rings (SSSR count). The van der Waals surface area contributed by atoms with Crippen LogP contribution in [0.3, 0.4) is 0 Å². The summed E-state index contributed by atoms with van der Waals surface area (Å²) in [5.41, 5.74) is -0.579. The highest BCUT2D eigenvalue weighted by Gasteiger charge is 2.44. The molecule has 11 heteroatoms. The van der Waals surface area contributed by atoms with E-state index in [4.69, 9.17) is 9.47 Å². The van der Waals surface area contributed by atoms with Crippen molar-refractivity contribution in [3.63, 3.8) is 0 Å². The SMILES string of the molecule is CC(C)[C@H]1COc2ccccc2C(=O)N[C@H](C(=O)NCC2(c3cccc(F)c3)CCOCC2)CCC(=O)NC2(CCCC2)C(=O)N1. The van der Waals surface area contributed by atoms with Gasteiger partial charge in [-0.2, -0.15) is 0 Å². The van der Waals surface area contributed by atoms with Gasteiger partial charge in [0.15, 0.2) is 0 Å². The lowest BCUT2D eigenvalue weighted by atomic mass is 9.74. The molecule has 4 amide bonds. The number of ether oxygens (including phenoxy) is 2. The molecule has 2 heterocycles. The normalized spacial score (nSPS) is 23.6. The van der Waals surface area contributed by atoms with Crippen molar-refractivity contribution in [2.45, 2.75) is 88.3 Å². The molecular formula is C35H45FN4O6. The first-order valence-corrected chi connectivity index (χ1v) is 16.4. The number of para-hydroxylation sites is 1. The summed E-state index contributed by atoms with van der Waals surface area (Å²) in [4.78, 5) is 54.5. The highest BCUT2D eigenvalue weighted by Crippen LogP contribution is 2.35. The van der Waals surface area contributed by atoms with Crippen molar-refractivity contribution >= 4 is 23.6 Å². The van der Waals surface area contributed by atoms with E-state index < -0.39 is 28.8 Å². The van der Waals surface area contributed by atoms with Crippen molar-refractivity contribution in [1.29, 1.82) is 0 Å². The van der Waals surface area contributed by atoms with Gasteiger partial charge in [0, 0.05) is 31.6 Å². The molecule has 2 atom stereocenters. The highest BCUT2D eigenvalue weighted by atomic mass is 19.1. The van der Waals surface area contributed by atoms with Gasteiger partial charge in [0.25, 0.3) is 5.91 Å². The Balaban J connectivity index is 1.41. The van der Waals surface area contributed by atoms with Crippen LogP contribution in [-0.2, 0) is 24.5 Å². The van der Waals surface area contributed by atoms with E-state index >= 15 is 0 Å². The van der Waals surface area contributed by atoms with E-state index in [0.717, 1.165) is 18.4 Å². The maximum absolute atomic E-state index is 14.2. The van der Waals surface area contributed by atoms with E-state index in [1.165, 1.54) is 12.1 Å². The van der Waals surface area contributed by atoms with Crippen LogP contribution in [0.4, 0.5) is 4.39 Å². The molecule has 46 heavy (non-hydrogen) atoms. The Morgan fingerprint density at radius 3 is 2.46 bits per heavy atom. The third-order valence-electron chi connectivity index (χ3n) is 9.71. The molecule has 0 bridgehead atoms. The molecule has 1 spiro atoms. The summed E-state index contributed by atoms with van der Waals surface area (Å²) < 4.78 is 25.9. The number of carbonyl (C=O) groups excluding carboxylic acids is 4. The lowest BCUT2D eigenvalue weighted by Crippen LogP contribution is -2.60. The first-order valence-electron chi connectivity index (χ1n) is 16.4. The molecule has 1 saturated carbocycles. The summed E-state index contributed by atoms with van der Waals surface area (Å²) >= 11 is 0. The predicted octanol–water partition coefficient (Wildman–Crippen LogP) is 3.53. The number of carbonyl (C=O) groups is 4. The topological polar surface area (TPSA) is 135 Å². The van der Waals surface area contributed by atoms with E-state index in [2.05, 4.69) is 21.3 Å². The second-order valence-corrected chi connectivity index (χ2v) is 13.2. The molecule has 1 saturated heterocycles. The lowest BCUT2D eigenvalue weighted by Gasteiger charge is -2.38. The minimum atomic E-state index is -1.06. The minimum absolute atomic E-state index is 0.00876. The standard InChI is InChI=1S/C35H45FN4O6/c1-23(2)28-21-46-29-11-4-3-10-26(29)31(42)38-27(12-13-30(41)40-35(33(44)39-28)14-5-6-15-35)32(43)37-22-34(16-18-45-19-17-34)24-8-7-9-25(36)20-24/h3-4,7-11,20,23,27-28H,5-6,12-19,21-22H2,1-2H3,(H,37,43)(H,38,42)(H,39,44)(H,40,41)/t27-,28+/m0/s1. The van der Waals surface area contributed by atoms with Gasteiger partial charge in [-0.1, -0.05) is 51.0 Å². The average molecular weight is 637 g/mol. The smallest absolute Gasteiger partial charge is 0.255 e. The molecular weight excluding hydrogens is 591 g/mol. The number of benzene rings is 2. The molecule has 2 fully saturated rings. The first kappa shape index (κ1) is 33.4. The van der Waals surface area contributed by atoms with E-state index in [1.54, 1.807) is 30.3 Å². The Hall–Kier alpha value is -3.99. The van der Waals surface area contributed by atoms with Gasteiger partial charge in [-0.05, 0) is 67.9 Å². The summed E-state index contributed by atoms with van der Waals surface area (Å²) in [5.74, 6) is -1.60. The van der Waals surface area contributed by atoms with Crippen LogP contribution < -0.4 is 26.0 Å². The molecule has 1 aliphatic carbocycles. The molecule has 2 aromatic carbocycles. The van der Waals surface area contributed by atoms with Gasteiger partial charge in [-0.15, -0.1) is 0 Å². The summed E-state index contributed by atoms with van der Waals surface area (Å²) in [6.45, 7) is 5.21. The fraction of sp³-hybridized carbons (Fsp3) is 0.543. The third-order valence-corrected chi connectivity index (χ3v) is 9.71. The number of amides is 4. The van der Waals surface area contributed by atoms with Crippen molar-refractivity contribution < 1.29 is 33.0 Å². The lowest BCUT2D eigenvalue weighted by molar-refractivity contribution is -0.134. The number of hydrogen-bond acceptors (Lipinski definition) is 6. The fourth-order valence-corrected chi connectivity index (χ4v) is 6.69. The van der Waals surface area contributed by atoms with Gasteiger partial charge in [-0.25, -0.2) is 4.39 Å². The van der Waals surface area contributed by atoms with Crippen molar-refractivity contribution in [3.8, 4) is 5.75 Å². The van der Waals surface area contributed by atoms with Crippen LogP contribution in [-0.4, -0.2) is 67.6 Å². The summed E-state index contributed by atoms with van der Waals surface area (Å²) in [6.07, 6.45) is 3.76. The van der Waals surface area contributed by atoms with Crippen molar-refractivity contribution in [3.05, 3.63) is 65.5 Å². The maximum Gasteiger partial charge on any atom is 0.255 e. The van der Waals surface area contributed by atoms with Crippen molar-refractivity contribution in [1.82, 2.24) is 21.3 Å². The molecule has 3 aliphatic rings.